The molecule has 0 radical (unpaired) electrons. The molecule has 0 aliphatic carbocycles. The summed E-state index contributed by atoms with van der Waals surface area (Å²) >= 11 is 0. The molecule has 0 aliphatic heterocycles. The van der Waals surface area contributed by atoms with Gasteiger partial charge in [0.25, 0.3) is 0 Å². The maximum Gasteiger partial charge on any atom is 2.00 e. The average molecular weight is 319 g/mol. The Balaban J connectivity index is -0.0000000370. The summed E-state index contributed by atoms with van der Waals surface area (Å²) in [6.07, 6.45) is 0. The molecule has 0 atom stereocenters. The quantitative estimate of drug-likeness (QED) is 0.321. The van der Waals surface area contributed by atoms with Gasteiger partial charge in [0.1, 0.15) is 0 Å². The van der Waals surface area contributed by atoms with Crippen LogP contribution >= 0.6 is 0 Å². The van der Waals surface area contributed by atoms with Gasteiger partial charge in [0, 0.05) is 0 Å². The summed E-state index contributed by atoms with van der Waals surface area (Å²) in [6.45, 7) is 0. The minimum Gasteiger partial charge on any atom is -0.543 e. The number of rotatable bonds is 0. The van der Waals surface area contributed by atoms with E-state index in [1.165, 1.54) is 0 Å². The molecule has 0 aromatic carbocycles. The molecule has 0 aromatic heterocycles. The number of carboxylic acids is 4. The minimum absolute atomic E-state index is 0. The van der Waals surface area contributed by atoms with Crippen LogP contribution in [0.2, 0.25) is 0 Å². The van der Waals surface area contributed by atoms with Crippen LogP contribution in [0.5, 0.6) is 0 Å². The molecule has 0 unspecified atom stereocenters. The number of carboxylic acid groups (broad SMARTS) is 4. The average Bonchev–Trinajstić information content (AvgIpc) is 1.88. The second-order valence-electron chi connectivity index (χ2n) is 1.15. The largest absolute Gasteiger partial charge is 2.00 e. The van der Waals surface area contributed by atoms with Crippen molar-refractivity contribution in [3.05, 3.63) is 0 Å². The van der Waals surface area contributed by atoms with Crippen LogP contribution in [-0.4, -0.2) is 23.9 Å². The van der Waals surface area contributed by atoms with Crippen LogP contribution in [-0.2, 0) is 39.6 Å². The predicted octanol–water partition coefficient (Wildman–Crippen LogP) is -6.28. The van der Waals surface area contributed by atoms with Crippen molar-refractivity contribution >= 4 is 23.9 Å². The third-order valence-electron chi connectivity index (χ3n) is 0.333. The number of aliphatic carboxylic acids is 4. The summed E-state index contributed by atoms with van der Waals surface area (Å²) < 4.78 is 0. The van der Waals surface area contributed by atoms with Gasteiger partial charge in [-0.05, 0) is 0 Å². The molecule has 10 nitrogen and oxygen atoms in total. The summed E-state index contributed by atoms with van der Waals surface area (Å²) in [7, 11) is 0. The van der Waals surface area contributed by atoms with Gasteiger partial charge in [-0.25, -0.2) is 0 Å². The second-order valence-corrected chi connectivity index (χ2v) is 1.15. The molecule has 0 bridgehead atoms. The minimum atomic E-state index is -2.19. The Kier molecular flexibility index (Phi) is 29.1. The van der Waals surface area contributed by atoms with E-state index < -0.39 is 23.9 Å². The first-order valence-electron chi connectivity index (χ1n) is 2.13. The van der Waals surface area contributed by atoms with Crippen LogP contribution in [0.3, 0.4) is 0 Å². The van der Waals surface area contributed by atoms with Crippen LogP contribution in [0.15, 0.2) is 0 Å². The summed E-state index contributed by atoms with van der Waals surface area (Å²) in [5.74, 6) is -8.74. The molecule has 11 heteroatoms. The summed E-state index contributed by atoms with van der Waals surface area (Å²) in [5.41, 5.74) is 0. The number of carbonyl (C=O) groups excluding carboxylic acids is 4. The van der Waals surface area contributed by atoms with Gasteiger partial charge in [0.05, 0.1) is 23.9 Å². The Labute approximate surface area is 96.7 Å². The van der Waals surface area contributed by atoms with Gasteiger partial charge in [0.2, 0.25) is 0 Å². The fraction of sp³-hybridized carbons (Fsp3) is 0. The van der Waals surface area contributed by atoms with Crippen molar-refractivity contribution < 1.29 is 60.0 Å². The monoisotopic (exact) mass is 318 g/mol. The predicted molar refractivity (Wildman–Crippen MR) is 32.0 cm³/mol. The molecule has 0 heterocycles. The molecule has 8 N–H and O–H groups in total. The SMILES string of the molecule is O=C([O-])C(=O)[O-].O=C([O-])C(=O)[O-].[NH4+].[NH4+].[Pd+2]. The van der Waals surface area contributed by atoms with Gasteiger partial charge in [0.15, 0.2) is 0 Å². The first-order chi connectivity index (χ1) is 5.29. The topological polar surface area (TPSA) is 234 Å². The van der Waals surface area contributed by atoms with Crippen LogP contribution in [0.1, 0.15) is 0 Å². The molecule has 0 spiro atoms. The molecule has 15 heavy (non-hydrogen) atoms. The van der Waals surface area contributed by atoms with Gasteiger partial charge >= 0.3 is 20.4 Å². The summed E-state index contributed by atoms with van der Waals surface area (Å²) in [5, 5.41) is 35.7. The summed E-state index contributed by atoms with van der Waals surface area (Å²) in [4.78, 5) is 35.7. The number of hydrogen-bond donors (Lipinski definition) is 2. The van der Waals surface area contributed by atoms with Gasteiger partial charge < -0.3 is 51.9 Å². The van der Waals surface area contributed by atoms with E-state index in [1.807, 2.05) is 0 Å². The molecule has 0 rings (SSSR count). The van der Waals surface area contributed by atoms with E-state index in [1.54, 1.807) is 0 Å². The Morgan fingerprint density at radius 1 is 0.533 bits per heavy atom. The Hall–Kier alpha value is -1.54. The smallest absolute Gasteiger partial charge is 0.543 e. The Morgan fingerprint density at radius 2 is 0.600 bits per heavy atom. The van der Waals surface area contributed by atoms with Crippen LogP contribution in [0.25, 0.3) is 0 Å². The first-order valence-corrected chi connectivity index (χ1v) is 2.13. The molecule has 0 amide bonds. The zero-order chi connectivity index (χ0) is 10.3. The number of carbonyl (C=O) groups is 4. The van der Waals surface area contributed by atoms with Crippen LogP contribution in [0, 0.1) is 0 Å². The van der Waals surface area contributed by atoms with Crippen molar-refractivity contribution in [2.75, 3.05) is 0 Å². The molecule has 0 saturated heterocycles. The van der Waals surface area contributed by atoms with Crippen molar-refractivity contribution in [2.24, 2.45) is 0 Å². The fourth-order valence-electron chi connectivity index (χ4n) is 0. The van der Waals surface area contributed by atoms with Crippen LogP contribution in [0.4, 0.5) is 0 Å². The Bertz CT molecular complexity index is 181. The third-order valence-corrected chi connectivity index (χ3v) is 0.333. The van der Waals surface area contributed by atoms with Gasteiger partial charge in [-0.3, -0.25) is 0 Å². The van der Waals surface area contributed by atoms with E-state index in [2.05, 4.69) is 0 Å². The van der Waals surface area contributed by atoms with Crippen molar-refractivity contribution in [3.63, 3.8) is 0 Å². The van der Waals surface area contributed by atoms with E-state index in [0.29, 0.717) is 0 Å². The fourth-order valence-corrected chi connectivity index (χ4v) is 0. The van der Waals surface area contributed by atoms with Crippen molar-refractivity contribution in [3.8, 4) is 0 Å². The maximum absolute atomic E-state index is 8.93. The molecule has 0 saturated carbocycles. The molecule has 0 aromatic rings. The first kappa shape index (κ1) is 29.2. The van der Waals surface area contributed by atoms with E-state index in [4.69, 9.17) is 39.6 Å². The van der Waals surface area contributed by atoms with Gasteiger partial charge in [-0.15, -0.1) is 0 Å². The van der Waals surface area contributed by atoms with Crippen molar-refractivity contribution in [1.29, 1.82) is 0 Å². The van der Waals surface area contributed by atoms with E-state index in [-0.39, 0.29) is 32.7 Å². The Morgan fingerprint density at radius 3 is 0.600 bits per heavy atom. The second kappa shape index (κ2) is 15.0. The normalized spacial score (nSPS) is 5.87. The van der Waals surface area contributed by atoms with Gasteiger partial charge in [-0.1, -0.05) is 0 Å². The number of hydrogen-bond acceptors (Lipinski definition) is 8. The van der Waals surface area contributed by atoms with Crippen molar-refractivity contribution in [1.82, 2.24) is 12.3 Å². The maximum atomic E-state index is 8.93. The molecule has 92 valence electrons. The summed E-state index contributed by atoms with van der Waals surface area (Å²) in [6, 6.07) is 0. The number of quaternary nitrogens is 2. The zero-order valence-electron chi connectivity index (χ0n) is 7.58. The van der Waals surface area contributed by atoms with E-state index in [9.17, 15) is 0 Å². The third kappa shape index (κ3) is 32.7. The molecule has 0 aliphatic rings. The van der Waals surface area contributed by atoms with E-state index in [0.717, 1.165) is 0 Å². The molecule has 0 fully saturated rings. The van der Waals surface area contributed by atoms with Crippen molar-refractivity contribution in [2.45, 2.75) is 0 Å². The molecular weight excluding hydrogens is 310 g/mol. The van der Waals surface area contributed by atoms with E-state index >= 15 is 0 Å². The van der Waals surface area contributed by atoms with Crippen LogP contribution < -0.4 is 32.7 Å². The molecular formula is C4H8N2O8Pd. The standard InChI is InChI=1S/2C2H2O4.2H3N.Pd/c2*3-1(4)2(5)6;;;/h2*(H,3,4)(H,5,6);2*1H3;/q;;;;+2/p-2. The van der Waals surface area contributed by atoms with Gasteiger partial charge in [-0.2, -0.15) is 0 Å². The zero-order valence-corrected chi connectivity index (χ0v) is 9.14.